The van der Waals surface area contributed by atoms with Gasteiger partial charge in [-0.05, 0) is 53.6 Å². The summed E-state index contributed by atoms with van der Waals surface area (Å²) in [6, 6.07) is 20.2. The Kier molecular flexibility index (Phi) is 5.94. The molecule has 164 valence electrons. The molecule has 1 aliphatic heterocycles. The zero-order valence-electron chi connectivity index (χ0n) is 17.1. The van der Waals surface area contributed by atoms with E-state index in [4.69, 9.17) is 4.74 Å². The second kappa shape index (κ2) is 9.15. The number of carbonyl (C=O) groups is 3. The van der Waals surface area contributed by atoms with Crippen molar-refractivity contribution < 1.29 is 24.0 Å². The number of urea groups is 1. The monoisotopic (exact) mass is 443 g/mol. The minimum absolute atomic E-state index is 0.00460. The number of amides is 4. The largest absolute Gasteiger partial charge is 0.489 e. The molecule has 0 bridgehead atoms. The van der Waals surface area contributed by atoms with E-state index >= 15 is 0 Å². The van der Waals surface area contributed by atoms with Gasteiger partial charge in [-0.2, -0.15) is 0 Å². The number of hydrogen-bond donors (Lipinski definition) is 1. The van der Waals surface area contributed by atoms with Crippen molar-refractivity contribution in [2.45, 2.75) is 6.61 Å². The highest BCUT2D eigenvalue weighted by molar-refractivity contribution is 6.39. The fourth-order valence-electron chi connectivity index (χ4n) is 3.18. The average Bonchev–Trinajstić information content (AvgIpc) is 2.82. The summed E-state index contributed by atoms with van der Waals surface area (Å²) in [6.45, 7) is 0.216. The number of nitro groups is 1. The van der Waals surface area contributed by atoms with Gasteiger partial charge in [-0.1, -0.05) is 30.3 Å². The summed E-state index contributed by atoms with van der Waals surface area (Å²) < 4.78 is 5.68. The Hall–Kier alpha value is -4.79. The topological polar surface area (TPSA) is 119 Å². The summed E-state index contributed by atoms with van der Waals surface area (Å²) in [5.74, 6) is -0.944. The van der Waals surface area contributed by atoms with Crippen molar-refractivity contribution in [1.82, 2.24) is 5.32 Å². The Morgan fingerprint density at radius 1 is 0.909 bits per heavy atom. The first-order valence-corrected chi connectivity index (χ1v) is 9.85. The Labute approximate surface area is 188 Å². The van der Waals surface area contributed by atoms with Crippen molar-refractivity contribution in [2.75, 3.05) is 4.90 Å². The van der Waals surface area contributed by atoms with E-state index in [1.165, 1.54) is 18.2 Å². The lowest BCUT2D eigenvalue weighted by molar-refractivity contribution is -0.384. The molecule has 3 aromatic carbocycles. The first kappa shape index (κ1) is 21.4. The maximum absolute atomic E-state index is 12.9. The van der Waals surface area contributed by atoms with Gasteiger partial charge < -0.3 is 4.74 Å². The molecule has 1 heterocycles. The van der Waals surface area contributed by atoms with Crippen LogP contribution in [0, 0.1) is 10.1 Å². The Morgan fingerprint density at radius 2 is 1.58 bits per heavy atom. The highest BCUT2D eigenvalue weighted by Gasteiger charge is 2.36. The second-order valence-corrected chi connectivity index (χ2v) is 7.07. The fourth-order valence-corrected chi connectivity index (χ4v) is 3.18. The van der Waals surface area contributed by atoms with E-state index in [2.05, 4.69) is 5.32 Å². The standard InChI is InChI=1S/C24H17N3O6/c28-22-21(23(29)26(24(30)25-22)18-4-2-1-3-5-18)14-16-8-12-20(13-9-16)33-15-17-6-10-19(11-7-17)27(31)32/h1-14H,15H2,(H,25,28,30)/b21-14+. The Bertz CT molecular complexity index is 1250. The van der Waals surface area contributed by atoms with E-state index in [1.54, 1.807) is 66.7 Å². The smallest absolute Gasteiger partial charge is 0.335 e. The molecule has 1 aliphatic rings. The molecule has 1 saturated heterocycles. The van der Waals surface area contributed by atoms with Crippen molar-refractivity contribution in [2.24, 2.45) is 0 Å². The summed E-state index contributed by atoms with van der Waals surface area (Å²) >= 11 is 0. The predicted octanol–water partition coefficient (Wildman–Crippen LogP) is 3.84. The first-order valence-electron chi connectivity index (χ1n) is 9.85. The van der Waals surface area contributed by atoms with E-state index in [1.807, 2.05) is 0 Å². The van der Waals surface area contributed by atoms with Crippen LogP contribution in [0.4, 0.5) is 16.2 Å². The molecular weight excluding hydrogens is 426 g/mol. The van der Waals surface area contributed by atoms with Crippen LogP contribution in [0.15, 0.2) is 84.4 Å². The van der Waals surface area contributed by atoms with Crippen LogP contribution < -0.4 is 15.0 Å². The molecule has 0 spiro atoms. The van der Waals surface area contributed by atoms with Gasteiger partial charge in [0, 0.05) is 12.1 Å². The van der Waals surface area contributed by atoms with Gasteiger partial charge in [0.25, 0.3) is 17.5 Å². The van der Waals surface area contributed by atoms with Crippen LogP contribution in [0.25, 0.3) is 6.08 Å². The van der Waals surface area contributed by atoms with Crippen LogP contribution in [-0.4, -0.2) is 22.8 Å². The molecule has 0 unspecified atom stereocenters. The van der Waals surface area contributed by atoms with Crippen molar-refractivity contribution in [3.63, 3.8) is 0 Å². The van der Waals surface area contributed by atoms with Crippen LogP contribution in [0.3, 0.4) is 0 Å². The third kappa shape index (κ3) is 4.77. The number of carbonyl (C=O) groups excluding carboxylic acids is 3. The zero-order valence-corrected chi connectivity index (χ0v) is 17.1. The minimum atomic E-state index is -0.802. The molecule has 0 aromatic heterocycles. The minimum Gasteiger partial charge on any atom is -0.489 e. The average molecular weight is 443 g/mol. The van der Waals surface area contributed by atoms with Gasteiger partial charge in [-0.3, -0.25) is 25.0 Å². The number of nitro benzene ring substituents is 1. The molecule has 1 fully saturated rings. The van der Waals surface area contributed by atoms with Crippen molar-refractivity contribution >= 4 is 35.3 Å². The number of nitrogens with one attached hydrogen (secondary N) is 1. The summed E-state index contributed by atoms with van der Waals surface area (Å²) in [7, 11) is 0. The van der Waals surface area contributed by atoms with Crippen LogP contribution in [0.5, 0.6) is 5.75 Å². The summed E-state index contributed by atoms with van der Waals surface area (Å²) in [4.78, 5) is 48.5. The lowest BCUT2D eigenvalue weighted by Crippen LogP contribution is -2.54. The van der Waals surface area contributed by atoms with Crippen molar-refractivity contribution in [3.05, 3.63) is 106 Å². The van der Waals surface area contributed by atoms with Gasteiger partial charge in [0.05, 0.1) is 10.6 Å². The third-order valence-corrected chi connectivity index (χ3v) is 4.86. The predicted molar refractivity (Wildman–Crippen MR) is 119 cm³/mol. The highest BCUT2D eigenvalue weighted by atomic mass is 16.6. The van der Waals surface area contributed by atoms with Gasteiger partial charge in [0.2, 0.25) is 0 Å². The molecule has 9 heteroatoms. The Balaban J connectivity index is 1.47. The zero-order chi connectivity index (χ0) is 23.4. The number of barbiturate groups is 1. The molecule has 3 aromatic rings. The van der Waals surface area contributed by atoms with Crippen molar-refractivity contribution in [3.8, 4) is 5.75 Å². The van der Waals surface area contributed by atoms with Crippen LogP contribution >= 0.6 is 0 Å². The van der Waals surface area contributed by atoms with Gasteiger partial charge in [-0.15, -0.1) is 0 Å². The highest BCUT2D eigenvalue weighted by Crippen LogP contribution is 2.23. The van der Waals surface area contributed by atoms with E-state index in [-0.39, 0.29) is 17.9 Å². The maximum Gasteiger partial charge on any atom is 0.335 e. The van der Waals surface area contributed by atoms with E-state index in [9.17, 15) is 24.5 Å². The molecule has 4 rings (SSSR count). The summed E-state index contributed by atoms with van der Waals surface area (Å²) in [5.41, 5.74) is 1.52. The van der Waals surface area contributed by atoms with E-state index < -0.39 is 22.8 Å². The SMILES string of the molecule is O=C1NC(=O)N(c2ccccc2)C(=O)/C1=C/c1ccc(OCc2ccc([N+](=O)[O-])cc2)cc1. The molecule has 9 nitrogen and oxygen atoms in total. The fraction of sp³-hybridized carbons (Fsp3) is 0.0417. The molecule has 0 radical (unpaired) electrons. The number of benzene rings is 3. The normalized spacial score (nSPS) is 14.8. The molecule has 33 heavy (non-hydrogen) atoms. The number of anilines is 1. The van der Waals surface area contributed by atoms with Gasteiger partial charge in [-0.25, -0.2) is 9.69 Å². The van der Waals surface area contributed by atoms with Gasteiger partial charge in [0.15, 0.2) is 0 Å². The van der Waals surface area contributed by atoms with Gasteiger partial charge in [0.1, 0.15) is 17.9 Å². The van der Waals surface area contributed by atoms with Crippen LogP contribution in [0.1, 0.15) is 11.1 Å². The quantitative estimate of drug-likeness (QED) is 0.268. The molecule has 4 amide bonds. The van der Waals surface area contributed by atoms with Crippen LogP contribution in [-0.2, 0) is 16.2 Å². The lowest BCUT2D eigenvalue weighted by atomic mass is 10.1. The molecule has 0 atom stereocenters. The van der Waals surface area contributed by atoms with Gasteiger partial charge >= 0.3 is 6.03 Å². The number of nitrogens with zero attached hydrogens (tertiary/aromatic N) is 2. The lowest BCUT2D eigenvalue weighted by Gasteiger charge is -2.26. The second-order valence-electron chi connectivity index (χ2n) is 7.07. The molecular formula is C24H17N3O6. The van der Waals surface area contributed by atoms with E-state index in [0.29, 0.717) is 17.0 Å². The molecule has 0 saturated carbocycles. The maximum atomic E-state index is 12.9. The number of hydrogen-bond acceptors (Lipinski definition) is 6. The number of imide groups is 2. The summed E-state index contributed by atoms with van der Waals surface area (Å²) in [5, 5.41) is 12.9. The van der Waals surface area contributed by atoms with Crippen molar-refractivity contribution in [1.29, 1.82) is 0 Å². The first-order chi connectivity index (χ1) is 15.9. The number of ether oxygens (including phenoxy) is 1. The molecule has 1 N–H and O–H groups in total. The number of para-hydroxylation sites is 1. The third-order valence-electron chi connectivity index (χ3n) is 4.86. The number of rotatable bonds is 6. The van der Waals surface area contributed by atoms with E-state index in [0.717, 1.165) is 10.5 Å². The molecule has 0 aliphatic carbocycles. The van der Waals surface area contributed by atoms with Crippen LogP contribution in [0.2, 0.25) is 0 Å². The number of non-ortho nitro benzene ring substituents is 1. The Morgan fingerprint density at radius 3 is 2.21 bits per heavy atom. The summed E-state index contributed by atoms with van der Waals surface area (Å²) in [6.07, 6.45) is 1.40.